The molecule has 6 rings (SSSR count). The predicted molar refractivity (Wildman–Crippen MR) is 132 cm³/mol. The number of imidazole rings is 2. The maximum atomic E-state index is 14.0. The van der Waals surface area contributed by atoms with Crippen LogP contribution in [0.5, 0.6) is 0 Å². The normalized spacial score (nSPS) is 21.9. The maximum absolute atomic E-state index is 14.0. The van der Waals surface area contributed by atoms with Gasteiger partial charge in [-0.05, 0) is 56.7 Å². The van der Waals surface area contributed by atoms with E-state index in [4.69, 9.17) is 21.6 Å². The van der Waals surface area contributed by atoms with Crippen LogP contribution < -0.4 is 10.6 Å². The number of nitrogens with zero attached hydrogens (tertiary/aromatic N) is 7. The molecule has 9 nitrogen and oxygen atoms in total. The molecule has 0 bridgehead atoms. The summed E-state index contributed by atoms with van der Waals surface area (Å²) in [7, 11) is 1.74. The molecule has 0 unspecified atom stereocenters. The number of aliphatic hydroxyl groups excluding tert-OH is 1. The molecule has 1 aliphatic heterocycles. The van der Waals surface area contributed by atoms with Gasteiger partial charge in [-0.25, -0.2) is 14.2 Å². The summed E-state index contributed by atoms with van der Waals surface area (Å²) in [5.41, 5.74) is 2.54. The molecule has 11 heteroatoms. The molecular weight excluding hydrogens is 473 g/mol. The van der Waals surface area contributed by atoms with Crippen LogP contribution in [0.15, 0.2) is 29.3 Å². The predicted octanol–water partition coefficient (Wildman–Crippen LogP) is 3.54. The summed E-state index contributed by atoms with van der Waals surface area (Å²) in [6, 6.07) is 5.37. The Hall–Kier alpha value is -2.98. The van der Waals surface area contributed by atoms with Gasteiger partial charge >= 0.3 is 5.69 Å². The Kier molecular flexibility index (Phi) is 5.52. The van der Waals surface area contributed by atoms with Crippen LogP contribution in [0.2, 0.25) is 5.02 Å². The van der Waals surface area contributed by atoms with E-state index in [9.17, 15) is 14.3 Å². The number of halogens is 2. The van der Waals surface area contributed by atoms with Crippen molar-refractivity contribution in [1.82, 2.24) is 28.7 Å². The summed E-state index contributed by atoms with van der Waals surface area (Å²) in [6.07, 6.45) is 4.02. The van der Waals surface area contributed by atoms with E-state index in [1.165, 1.54) is 0 Å². The number of aliphatic hydroxyl groups is 1. The number of alkyl halides is 1. The smallest absolute Gasteiger partial charge is 0.330 e. The third kappa shape index (κ3) is 3.79. The Morgan fingerprint density at radius 3 is 2.57 bits per heavy atom. The van der Waals surface area contributed by atoms with Gasteiger partial charge in [0.1, 0.15) is 18.0 Å². The lowest BCUT2D eigenvalue weighted by molar-refractivity contribution is 0.110. The van der Waals surface area contributed by atoms with Gasteiger partial charge in [0.05, 0.1) is 17.1 Å². The van der Waals surface area contributed by atoms with Crippen molar-refractivity contribution in [3.05, 3.63) is 40.0 Å². The number of aryl methyl sites for hydroxylation is 1. The Morgan fingerprint density at radius 2 is 1.83 bits per heavy atom. The molecule has 4 heterocycles. The van der Waals surface area contributed by atoms with Gasteiger partial charge in [0.25, 0.3) is 0 Å². The van der Waals surface area contributed by atoms with Crippen molar-refractivity contribution < 1.29 is 9.50 Å². The van der Waals surface area contributed by atoms with Crippen molar-refractivity contribution in [2.45, 2.75) is 56.8 Å². The minimum atomic E-state index is -0.829. The molecule has 0 amide bonds. The van der Waals surface area contributed by atoms with E-state index in [1.54, 1.807) is 33.1 Å². The molecule has 0 radical (unpaired) electrons. The lowest BCUT2D eigenvalue weighted by Crippen LogP contribution is -2.35. The SMILES string of the molecule is Cn1c(=O)n([C@H]2CC[C@H](O)CC2)c2nc(-n3cnc4ccc(Cl)cc43)nc(N3CCC(F)CC3)c21. The quantitative estimate of drug-likeness (QED) is 0.463. The largest absolute Gasteiger partial charge is 0.393 e. The monoisotopic (exact) mass is 499 g/mol. The molecule has 3 aromatic heterocycles. The zero-order valence-corrected chi connectivity index (χ0v) is 20.2. The van der Waals surface area contributed by atoms with Crippen molar-refractivity contribution >= 4 is 39.6 Å². The Labute approximate surface area is 205 Å². The van der Waals surface area contributed by atoms with Gasteiger partial charge in [0.2, 0.25) is 5.95 Å². The van der Waals surface area contributed by atoms with E-state index in [0.717, 1.165) is 11.0 Å². The van der Waals surface area contributed by atoms with Crippen molar-refractivity contribution in [1.29, 1.82) is 0 Å². The zero-order valence-electron chi connectivity index (χ0n) is 19.4. The van der Waals surface area contributed by atoms with Crippen LogP contribution in [-0.2, 0) is 7.05 Å². The van der Waals surface area contributed by atoms with Crippen LogP contribution in [0, 0.1) is 0 Å². The molecule has 1 aromatic carbocycles. The first-order valence-electron chi connectivity index (χ1n) is 12.1. The van der Waals surface area contributed by atoms with E-state index in [2.05, 4.69) is 4.98 Å². The number of hydrogen-bond acceptors (Lipinski definition) is 6. The Balaban J connectivity index is 1.59. The highest BCUT2D eigenvalue weighted by Crippen LogP contribution is 2.33. The summed E-state index contributed by atoms with van der Waals surface area (Å²) in [6.45, 7) is 1.02. The zero-order chi connectivity index (χ0) is 24.3. The van der Waals surface area contributed by atoms with E-state index in [0.29, 0.717) is 79.6 Å². The van der Waals surface area contributed by atoms with Gasteiger partial charge in [-0.2, -0.15) is 9.97 Å². The average molecular weight is 500 g/mol. The van der Waals surface area contributed by atoms with Crippen LogP contribution >= 0.6 is 11.6 Å². The highest BCUT2D eigenvalue weighted by atomic mass is 35.5. The third-order valence-electron chi connectivity index (χ3n) is 7.37. The third-order valence-corrected chi connectivity index (χ3v) is 7.61. The fourth-order valence-corrected chi connectivity index (χ4v) is 5.58. The van der Waals surface area contributed by atoms with E-state index >= 15 is 0 Å². The minimum Gasteiger partial charge on any atom is -0.393 e. The van der Waals surface area contributed by atoms with Crippen LogP contribution in [0.25, 0.3) is 28.1 Å². The lowest BCUT2D eigenvalue weighted by Gasteiger charge is -2.30. The Bertz CT molecular complexity index is 1460. The summed E-state index contributed by atoms with van der Waals surface area (Å²) in [4.78, 5) is 29.8. The van der Waals surface area contributed by atoms with Crippen LogP contribution in [0.1, 0.15) is 44.6 Å². The summed E-state index contributed by atoms with van der Waals surface area (Å²) < 4.78 is 19.1. The molecule has 1 saturated carbocycles. The molecule has 2 fully saturated rings. The topological polar surface area (TPSA) is 94.0 Å². The number of fused-ring (bicyclic) bond motifs is 2. The van der Waals surface area contributed by atoms with Gasteiger partial charge in [-0.1, -0.05) is 11.6 Å². The van der Waals surface area contributed by atoms with Gasteiger partial charge in [-0.15, -0.1) is 0 Å². The summed E-state index contributed by atoms with van der Waals surface area (Å²) in [5, 5.41) is 10.6. The number of piperidine rings is 1. The fourth-order valence-electron chi connectivity index (χ4n) is 5.41. The minimum absolute atomic E-state index is 0.0595. The molecule has 35 heavy (non-hydrogen) atoms. The molecule has 4 aromatic rings. The fraction of sp³-hybridized carbons (Fsp3) is 0.500. The highest BCUT2D eigenvalue weighted by molar-refractivity contribution is 6.31. The van der Waals surface area contributed by atoms with Crippen molar-refractivity contribution in [3.63, 3.8) is 0 Å². The lowest BCUT2D eigenvalue weighted by atomic mass is 9.93. The first-order chi connectivity index (χ1) is 16.9. The number of benzene rings is 1. The molecule has 0 spiro atoms. The van der Waals surface area contributed by atoms with Gasteiger partial charge in [0.15, 0.2) is 11.5 Å². The second-order valence-electron chi connectivity index (χ2n) is 9.60. The number of rotatable bonds is 3. The molecule has 1 saturated heterocycles. The molecular formula is C24H27ClFN7O2. The first kappa shape index (κ1) is 22.5. The van der Waals surface area contributed by atoms with E-state index in [-0.39, 0.29) is 17.8 Å². The van der Waals surface area contributed by atoms with Crippen molar-refractivity contribution in [3.8, 4) is 5.95 Å². The van der Waals surface area contributed by atoms with Crippen LogP contribution in [-0.4, -0.2) is 59.1 Å². The maximum Gasteiger partial charge on any atom is 0.330 e. The number of anilines is 1. The van der Waals surface area contributed by atoms with Gasteiger partial charge in [-0.3, -0.25) is 13.7 Å². The molecule has 0 atom stereocenters. The highest BCUT2D eigenvalue weighted by Gasteiger charge is 2.30. The van der Waals surface area contributed by atoms with E-state index < -0.39 is 6.17 Å². The summed E-state index contributed by atoms with van der Waals surface area (Å²) in [5.74, 6) is 1.00. The second kappa shape index (κ2) is 8.60. The molecule has 1 aliphatic carbocycles. The second-order valence-corrected chi connectivity index (χ2v) is 10.0. The molecule has 2 aliphatic rings. The number of hydrogen-bond donors (Lipinski definition) is 1. The van der Waals surface area contributed by atoms with Gasteiger partial charge in [0, 0.05) is 31.2 Å². The number of aromatic nitrogens is 6. The van der Waals surface area contributed by atoms with Crippen molar-refractivity contribution in [2.75, 3.05) is 18.0 Å². The van der Waals surface area contributed by atoms with Crippen LogP contribution in [0.4, 0.5) is 10.2 Å². The summed E-state index contributed by atoms with van der Waals surface area (Å²) >= 11 is 6.26. The van der Waals surface area contributed by atoms with Crippen LogP contribution in [0.3, 0.4) is 0 Å². The van der Waals surface area contributed by atoms with E-state index in [1.807, 2.05) is 17.0 Å². The van der Waals surface area contributed by atoms with Gasteiger partial charge < -0.3 is 10.0 Å². The first-order valence-corrected chi connectivity index (χ1v) is 12.5. The standard InChI is InChI=1S/C24H27ClFN7O2/c1-30-20-21(31-10-8-15(26)9-11-31)28-23(32-13-27-18-7-2-14(25)12-19(18)32)29-22(20)33(24(30)35)16-3-5-17(34)6-4-16/h2,7,12-13,15-17,34H,3-6,8-11H2,1H3/t16-,17-. The van der Waals surface area contributed by atoms with Crippen molar-refractivity contribution in [2.24, 2.45) is 7.05 Å². The Morgan fingerprint density at radius 1 is 1.09 bits per heavy atom. The molecule has 184 valence electrons. The average Bonchev–Trinajstić information content (AvgIpc) is 3.38. The molecule has 1 N–H and O–H groups in total.